The zero-order valence-electron chi connectivity index (χ0n) is 13.2. The number of nitrogens with zero attached hydrogens (tertiary/aromatic N) is 2. The van der Waals surface area contributed by atoms with Crippen LogP contribution in [0, 0.1) is 6.92 Å². The number of thiophene rings is 1. The highest BCUT2D eigenvalue weighted by molar-refractivity contribution is 7.10. The lowest BCUT2D eigenvalue weighted by Gasteiger charge is -2.31. The molecule has 0 radical (unpaired) electrons. The number of aliphatic imine (C=N–C) groups is 1. The number of guanidine groups is 1. The molecule has 1 amide bonds. The number of nitrogens with one attached hydrogen (secondary N) is 1. The molecule has 1 aliphatic rings. The zero-order valence-corrected chi connectivity index (χ0v) is 14.0. The van der Waals surface area contributed by atoms with Gasteiger partial charge in [-0.1, -0.05) is 0 Å². The van der Waals surface area contributed by atoms with Crippen LogP contribution in [0.25, 0.3) is 0 Å². The van der Waals surface area contributed by atoms with Gasteiger partial charge in [0.15, 0.2) is 5.96 Å². The van der Waals surface area contributed by atoms with Crippen molar-refractivity contribution in [2.75, 3.05) is 19.7 Å². The van der Waals surface area contributed by atoms with Gasteiger partial charge >= 0.3 is 6.09 Å². The fraction of sp³-hybridized carbons (Fsp3) is 0.600. The predicted octanol–water partition coefficient (Wildman–Crippen LogP) is 2.08. The lowest BCUT2D eigenvalue weighted by Crippen LogP contribution is -2.48. The Balaban J connectivity index is 1.75. The van der Waals surface area contributed by atoms with Gasteiger partial charge in [0.05, 0.1) is 13.2 Å². The number of ether oxygens (including phenoxy) is 1. The first-order valence-corrected chi connectivity index (χ1v) is 8.49. The van der Waals surface area contributed by atoms with Gasteiger partial charge in [0.1, 0.15) is 0 Å². The SMILES string of the molecule is CCOC(=O)N1CCC(NC(N)=NCc2sccc2C)CC1. The Bertz CT molecular complexity index is 521. The Labute approximate surface area is 135 Å². The molecule has 1 aliphatic heterocycles. The molecule has 3 N–H and O–H groups in total. The first kappa shape index (κ1) is 16.6. The van der Waals surface area contributed by atoms with Crippen molar-refractivity contribution in [1.82, 2.24) is 10.2 Å². The third-order valence-corrected chi connectivity index (χ3v) is 4.74. The van der Waals surface area contributed by atoms with Gasteiger partial charge < -0.3 is 20.7 Å². The summed E-state index contributed by atoms with van der Waals surface area (Å²) in [7, 11) is 0. The van der Waals surface area contributed by atoms with Crippen LogP contribution in [0.5, 0.6) is 0 Å². The van der Waals surface area contributed by atoms with Crippen LogP contribution >= 0.6 is 11.3 Å². The summed E-state index contributed by atoms with van der Waals surface area (Å²) >= 11 is 1.70. The van der Waals surface area contributed by atoms with Crippen molar-refractivity contribution in [3.05, 3.63) is 21.9 Å². The molecule has 1 aromatic rings. The van der Waals surface area contributed by atoms with E-state index in [4.69, 9.17) is 10.5 Å². The second kappa shape index (κ2) is 8.03. The monoisotopic (exact) mass is 324 g/mol. The van der Waals surface area contributed by atoms with Crippen LogP contribution in [-0.4, -0.2) is 42.7 Å². The van der Waals surface area contributed by atoms with Gasteiger partial charge in [0, 0.05) is 24.0 Å². The smallest absolute Gasteiger partial charge is 0.409 e. The highest BCUT2D eigenvalue weighted by Gasteiger charge is 2.23. The Hall–Kier alpha value is -1.76. The van der Waals surface area contributed by atoms with Gasteiger partial charge in [-0.2, -0.15) is 0 Å². The van der Waals surface area contributed by atoms with Crippen LogP contribution in [0.1, 0.15) is 30.2 Å². The van der Waals surface area contributed by atoms with Crippen LogP contribution in [0.15, 0.2) is 16.4 Å². The van der Waals surface area contributed by atoms with E-state index in [1.54, 1.807) is 16.2 Å². The van der Waals surface area contributed by atoms with Crippen molar-refractivity contribution in [3.8, 4) is 0 Å². The lowest BCUT2D eigenvalue weighted by molar-refractivity contribution is 0.0963. The molecule has 2 rings (SSSR count). The van der Waals surface area contributed by atoms with Crippen molar-refractivity contribution in [3.63, 3.8) is 0 Å². The fourth-order valence-electron chi connectivity index (χ4n) is 2.40. The van der Waals surface area contributed by atoms with Crippen molar-refractivity contribution in [2.45, 2.75) is 39.3 Å². The van der Waals surface area contributed by atoms with Crippen LogP contribution in [0.3, 0.4) is 0 Å². The molecule has 0 aliphatic carbocycles. The first-order valence-electron chi connectivity index (χ1n) is 7.61. The Morgan fingerprint density at radius 2 is 2.27 bits per heavy atom. The zero-order chi connectivity index (χ0) is 15.9. The molecular weight excluding hydrogens is 300 g/mol. The van der Waals surface area contributed by atoms with E-state index < -0.39 is 0 Å². The van der Waals surface area contributed by atoms with Gasteiger partial charge in [-0.05, 0) is 43.7 Å². The van der Waals surface area contributed by atoms with E-state index in [0.717, 1.165) is 12.8 Å². The molecule has 0 saturated carbocycles. The van der Waals surface area contributed by atoms with Crippen LogP contribution in [0.4, 0.5) is 4.79 Å². The summed E-state index contributed by atoms with van der Waals surface area (Å²) in [5.41, 5.74) is 7.21. The van der Waals surface area contributed by atoms with Crippen molar-refractivity contribution in [1.29, 1.82) is 0 Å². The summed E-state index contributed by atoms with van der Waals surface area (Å²) in [6.45, 7) is 6.30. The third kappa shape index (κ3) is 4.62. The summed E-state index contributed by atoms with van der Waals surface area (Å²) in [6.07, 6.45) is 1.48. The minimum Gasteiger partial charge on any atom is -0.450 e. The quantitative estimate of drug-likeness (QED) is 0.656. The third-order valence-electron chi connectivity index (χ3n) is 3.73. The average Bonchev–Trinajstić information content (AvgIpc) is 2.91. The average molecular weight is 324 g/mol. The molecular formula is C15H24N4O2S. The van der Waals surface area contributed by atoms with Crippen LogP contribution in [-0.2, 0) is 11.3 Å². The molecule has 1 saturated heterocycles. The summed E-state index contributed by atoms with van der Waals surface area (Å²) in [5.74, 6) is 0.474. The molecule has 6 nitrogen and oxygen atoms in total. The molecule has 0 spiro atoms. The van der Waals surface area contributed by atoms with E-state index >= 15 is 0 Å². The topological polar surface area (TPSA) is 80.0 Å². The Kier molecular flexibility index (Phi) is 6.06. The fourth-order valence-corrected chi connectivity index (χ4v) is 3.23. The normalized spacial score (nSPS) is 16.6. The number of amides is 1. The summed E-state index contributed by atoms with van der Waals surface area (Å²) < 4.78 is 5.01. The largest absolute Gasteiger partial charge is 0.450 e. The van der Waals surface area contributed by atoms with Crippen molar-refractivity contribution >= 4 is 23.4 Å². The van der Waals surface area contributed by atoms with Gasteiger partial charge in [-0.15, -0.1) is 11.3 Å². The molecule has 7 heteroatoms. The summed E-state index contributed by atoms with van der Waals surface area (Å²) in [5, 5.41) is 5.31. The van der Waals surface area contributed by atoms with E-state index in [-0.39, 0.29) is 12.1 Å². The number of aryl methyl sites for hydroxylation is 1. The molecule has 0 unspecified atom stereocenters. The second-order valence-electron chi connectivity index (χ2n) is 5.33. The molecule has 0 aromatic carbocycles. The van der Waals surface area contributed by atoms with E-state index in [1.165, 1.54) is 10.4 Å². The Morgan fingerprint density at radius 1 is 1.55 bits per heavy atom. The summed E-state index contributed by atoms with van der Waals surface area (Å²) in [6, 6.07) is 2.35. The second-order valence-corrected chi connectivity index (χ2v) is 6.33. The minimum absolute atomic E-state index is 0.226. The van der Waals surface area contributed by atoms with E-state index in [9.17, 15) is 4.79 Å². The number of likely N-dealkylation sites (tertiary alicyclic amines) is 1. The number of rotatable bonds is 4. The molecule has 0 atom stereocenters. The number of hydrogen-bond donors (Lipinski definition) is 2. The highest BCUT2D eigenvalue weighted by Crippen LogP contribution is 2.16. The van der Waals surface area contributed by atoms with E-state index in [2.05, 4.69) is 28.7 Å². The van der Waals surface area contributed by atoms with Gasteiger partial charge in [0.2, 0.25) is 0 Å². The van der Waals surface area contributed by atoms with Crippen molar-refractivity contribution in [2.24, 2.45) is 10.7 Å². The minimum atomic E-state index is -0.226. The Morgan fingerprint density at radius 3 is 2.86 bits per heavy atom. The predicted molar refractivity (Wildman–Crippen MR) is 89.1 cm³/mol. The van der Waals surface area contributed by atoms with Gasteiger partial charge in [-0.3, -0.25) is 0 Å². The highest BCUT2D eigenvalue weighted by atomic mass is 32.1. The van der Waals surface area contributed by atoms with Gasteiger partial charge in [0.25, 0.3) is 0 Å². The molecule has 1 aromatic heterocycles. The molecule has 22 heavy (non-hydrogen) atoms. The summed E-state index contributed by atoms with van der Waals surface area (Å²) in [4.78, 5) is 19.0. The maximum absolute atomic E-state index is 11.6. The van der Waals surface area contributed by atoms with E-state index in [1.807, 2.05) is 6.92 Å². The number of hydrogen-bond acceptors (Lipinski definition) is 4. The molecule has 122 valence electrons. The maximum atomic E-state index is 11.6. The number of piperidine rings is 1. The van der Waals surface area contributed by atoms with Crippen molar-refractivity contribution < 1.29 is 9.53 Å². The van der Waals surface area contributed by atoms with Gasteiger partial charge in [-0.25, -0.2) is 9.79 Å². The van der Waals surface area contributed by atoms with E-state index in [0.29, 0.717) is 32.2 Å². The molecule has 1 fully saturated rings. The van der Waals surface area contributed by atoms with Crippen LogP contribution in [0.2, 0.25) is 0 Å². The number of nitrogens with two attached hydrogens (primary N) is 1. The maximum Gasteiger partial charge on any atom is 0.409 e. The molecule has 2 heterocycles. The lowest BCUT2D eigenvalue weighted by atomic mass is 10.1. The molecule has 0 bridgehead atoms. The van der Waals surface area contributed by atoms with Crippen LogP contribution < -0.4 is 11.1 Å². The first-order chi connectivity index (χ1) is 10.6. The number of carbonyl (C=O) groups excluding carboxylic acids is 1. The number of carbonyl (C=O) groups is 1. The standard InChI is InChI=1S/C15H24N4O2S/c1-3-21-15(20)19-7-4-12(5-8-19)18-14(16)17-10-13-11(2)6-9-22-13/h6,9,12H,3-5,7-8,10H2,1-2H3,(H3,16,17,18).